The number of sulfone groups is 1. The van der Waals surface area contributed by atoms with Crippen LogP contribution < -0.4 is 10.6 Å². The highest BCUT2D eigenvalue weighted by molar-refractivity contribution is 7.91. The molecule has 0 saturated carbocycles. The monoisotopic (exact) mass is 274 g/mol. The highest BCUT2D eigenvalue weighted by Gasteiger charge is 2.36. The van der Waals surface area contributed by atoms with Crippen LogP contribution in [0.3, 0.4) is 0 Å². The SMILES string of the molecule is CC1(C(=O)NC2CCS(=O)(=O)CC2)CCNCC1. The maximum absolute atomic E-state index is 12.3. The third-order valence-corrected chi connectivity index (χ3v) is 5.86. The third kappa shape index (κ3) is 3.23. The first-order chi connectivity index (χ1) is 8.41. The first-order valence-electron chi connectivity index (χ1n) is 6.63. The van der Waals surface area contributed by atoms with Gasteiger partial charge in [0, 0.05) is 11.5 Å². The molecule has 0 aromatic heterocycles. The Morgan fingerprint density at radius 1 is 1.22 bits per heavy atom. The zero-order valence-electron chi connectivity index (χ0n) is 10.9. The van der Waals surface area contributed by atoms with Crippen molar-refractivity contribution in [3.63, 3.8) is 0 Å². The van der Waals surface area contributed by atoms with Gasteiger partial charge in [-0.3, -0.25) is 4.79 Å². The van der Waals surface area contributed by atoms with Gasteiger partial charge in [0.15, 0.2) is 0 Å². The molecule has 0 aliphatic carbocycles. The Kier molecular flexibility index (Phi) is 3.96. The molecule has 0 aromatic rings. The third-order valence-electron chi connectivity index (χ3n) is 4.15. The first kappa shape index (κ1) is 13.8. The Bertz CT molecular complexity index is 399. The Labute approximate surface area is 109 Å². The van der Waals surface area contributed by atoms with Crippen molar-refractivity contribution in [2.75, 3.05) is 24.6 Å². The maximum Gasteiger partial charge on any atom is 0.226 e. The second-order valence-electron chi connectivity index (χ2n) is 5.71. The summed E-state index contributed by atoms with van der Waals surface area (Å²) in [5.74, 6) is 0.500. The second-order valence-corrected chi connectivity index (χ2v) is 8.01. The number of carbonyl (C=O) groups is 1. The van der Waals surface area contributed by atoms with Crippen LogP contribution in [0.25, 0.3) is 0 Å². The number of hydrogen-bond donors (Lipinski definition) is 2. The summed E-state index contributed by atoms with van der Waals surface area (Å²) in [6.07, 6.45) is 2.82. The molecule has 5 nitrogen and oxygen atoms in total. The fourth-order valence-corrected chi connectivity index (χ4v) is 4.09. The Morgan fingerprint density at radius 3 is 2.33 bits per heavy atom. The molecule has 2 aliphatic rings. The van der Waals surface area contributed by atoms with E-state index < -0.39 is 9.84 Å². The molecular formula is C12H22N2O3S. The molecule has 0 atom stereocenters. The smallest absolute Gasteiger partial charge is 0.226 e. The van der Waals surface area contributed by atoms with Gasteiger partial charge >= 0.3 is 0 Å². The van der Waals surface area contributed by atoms with Crippen LogP contribution in [0.1, 0.15) is 32.6 Å². The fraction of sp³-hybridized carbons (Fsp3) is 0.917. The summed E-state index contributed by atoms with van der Waals surface area (Å²) in [5, 5.41) is 6.29. The van der Waals surface area contributed by atoms with Crippen molar-refractivity contribution < 1.29 is 13.2 Å². The molecule has 104 valence electrons. The maximum atomic E-state index is 12.3. The predicted molar refractivity (Wildman–Crippen MR) is 70.0 cm³/mol. The lowest BCUT2D eigenvalue weighted by Crippen LogP contribution is -2.50. The van der Waals surface area contributed by atoms with E-state index >= 15 is 0 Å². The van der Waals surface area contributed by atoms with Crippen molar-refractivity contribution in [2.24, 2.45) is 5.41 Å². The zero-order chi connectivity index (χ0) is 13.2. The van der Waals surface area contributed by atoms with E-state index in [2.05, 4.69) is 10.6 Å². The van der Waals surface area contributed by atoms with Gasteiger partial charge in [0.1, 0.15) is 9.84 Å². The Morgan fingerprint density at radius 2 is 1.78 bits per heavy atom. The van der Waals surface area contributed by atoms with Gasteiger partial charge in [-0.05, 0) is 38.8 Å². The second kappa shape index (κ2) is 5.17. The summed E-state index contributed by atoms with van der Waals surface area (Å²) in [7, 11) is -2.85. The van der Waals surface area contributed by atoms with E-state index in [0.717, 1.165) is 25.9 Å². The number of carbonyl (C=O) groups excluding carboxylic acids is 1. The minimum absolute atomic E-state index is 0.0349. The van der Waals surface area contributed by atoms with E-state index in [1.54, 1.807) is 0 Å². The number of piperidine rings is 1. The van der Waals surface area contributed by atoms with E-state index in [1.165, 1.54) is 0 Å². The highest BCUT2D eigenvalue weighted by Crippen LogP contribution is 2.28. The van der Waals surface area contributed by atoms with Crippen molar-refractivity contribution in [3.05, 3.63) is 0 Å². The van der Waals surface area contributed by atoms with E-state index in [9.17, 15) is 13.2 Å². The summed E-state index contributed by atoms with van der Waals surface area (Å²) in [6, 6.07) is 0.0349. The topological polar surface area (TPSA) is 75.3 Å². The van der Waals surface area contributed by atoms with E-state index in [4.69, 9.17) is 0 Å². The molecule has 2 rings (SSSR count). The van der Waals surface area contributed by atoms with Gasteiger partial charge in [-0.25, -0.2) is 8.42 Å². The molecule has 18 heavy (non-hydrogen) atoms. The van der Waals surface area contributed by atoms with Crippen LogP contribution in [-0.2, 0) is 14.6 Å². The summed E-state index contributed by atoms with van der Waals surface area (Å²) in [4.78, 5) is 12.3. The van der Waals surface area contributed by atoms with Crippen LogP contribution in [0.2, 0.25) is 0 Å². The number of rotatable bonds is 2. The summed E-state index contributed by atoms with van der Waals surface area (Å²) >= 11 is 0. The lowest BCUT2D eigenvalue weighted by molar-refractivity contribution is -0.132. The largest absolute Gasteiger partial charge is 0.353 e. The fourth-order valence-electron chi connectivity index (χ4n) is 2.60. The van der Waals surface area contributed by atoms with Gasteiger partial charge in [-0.2, -0.15) is 0 Å². The molecule has 2 N–H and O–H groups in total. The minimum atomic E-state index is -2.85. The van der Waals surface area contributed by atoms with E-state index in [0.29, 0.717) is 12.8 Å². The molecule has 6 heteroatoms. The number of nitrogens with one attached hydrogen (secondary N) is 2. The summed E-state index contributed by atoms with van der Waals surface area (Å²) < 4.78 is 22.7. The number of hydrogen-bond acceptors (Lipinski definition) is 4. The average Bonchev–Trinajstić information content (AvgIpc) is 2.33. The molecule has 2 aliphatic heterocycles. The lowest BCUT2D eigenvalue weighted by atomic mass is 9.80. The van der Waals surface area contributed by atoms with Crippen LogP contribution in [0.4, 0.5) is 0 Å². The van der Waals surface area contributed by atoms with Gasteiger partial charge in [0.25, 0.3) is 0 Å². The van der Waals surface area contributed by atoms with Gasteiger partial charge in [-0.1, -0.05) is 6.92 Å². The van der Waals surface area contributed by atoms with Gasteiger partial charge in [0.2, 0.25) is 5.91 Å². The molecule has 2 heterocycles. The molecule has 0 spiro atoms. The summed E-state index contributed by atoms with van der Waals surface area (Å²) in [5.41, 5.74) is -0.290. The van der Waals surface area contributed by atoms with Crippen molar-refractivity contribution >= 4 is 15.7 Å². The zero-order valence-corrected chi connectivity index (χ0v) is 11.7. The Balaban J connectivity index is 1.88. The standard InChI is InChI=1S/C12H22N2O3S/c1-12(4-6-13-7-5-12)11(15)14-10-2-8-18(16,17)9-3-10/h10,13H,2-9H2,1H3,(H,14,15). The molecule has 0 unspecified atom stereocenters. The van der Waals surface area contributed by atoms with E-state index in [-0.39, 0.29) is 28.9 Å². The Hall–Kier alpha value is -0.620. The number of amides is 1. The van der Waals surface area contributed by atoms with Crippen LogP contribution in [0, 0.1) is 5.41 Å². The van der Waals surface area contributed by atoms with E-state index in [1.807, 2.05) is 6.92 Å². The van der Waals surface area contributed by atoms with Crippen molar-refractivity contribution in [1.82, 2.24) is 10.6 Å². The molecule has 2 saturated heterocycles. The predicted octanol–water partition coefficient (Wildman–Crippen LogP) is 0.0695. The van der Waals surface area contributed by atoms with Crippen LogP contribution in [0.15, 0.2) is 0 Å². The molecule has 0 aromatic carbocycles. The van der Waals surface area contributed by atoms with Crippen molar-refractivity contribution in [3.8, 4) is 0 Å². The molecule has 0 bridgehead atoms. The minimum Gasteiger partial charge on any atom is -0.353 e. The lowest BCUT2D eigenvalue weighted by Gasteiger charge is -2.35. The molecular weight excluding hydrogens is 252 g/mol. The van der Waals surface area contributed by atoms with Crippen molar-refractivity contribution in [2.45, 2.75) is 38.6 Å². The van der Waals surface area contributed by atoms with Crippen LogP contribution >= 0.6 is 0 Å². The molecule has 2 fully saturated rings. The average molecular weight is 274 g/mol. The van der Waals surface area contributed by atoms with Gasteiger partial charge in [0.05, 0.1) is 11.5 Å². The van der Waals surface area contributed by atoms with Gasteiger partial charge < -0.3 is 10.6 Å². The van der Waals surface area contributed by atoms with Crippen molar-refractivity contribution in [1.29, 1.82) is 0 Å². The van der Waals surface area contributed by atoms with Crippen LogP contribution in [0.5, 0.6) is 0 Å². The first-order valence-corrected chi connectivity index (χ1v) is 8.46. The normalized spacial score (nSPS) is 27.6. The summed E-state index contributed by atoms with van der Waals surface area (Å²) in [6.45, 7) is 3.76. The quantitative estimate of drug-likeness (QED) is 0.747. The highest BCUT2D eigenvalue weighted by atomic mass is 32.2. The molecule has 0 radical (unpaired) electrons. The van der Waals surface area contributed by atoms with Gasteiger partial charge in [-0.15, -0.1) is 0 Å². The molecule has 1 amide bonds. The van der Waals surface area contributed by atoms with Crippen LogP contribution in [-0.4, -0.2) is 45.0 Å².